The summed E-state index contributed by atoms with van der Waals surface area (Å²) in [6.07, 6.45) is 6.67. The van der Waals surface area contributed by atoms with E-state index in [4.69, 9.17) is 4.98 Å². The highest BCUT2D eigenvalue weighted by Gasteiger charge is 2.31. The lowest BCUT2D eigenvalue weighted by atomic mass is 9.80. The van der Waals surface area contributed by atoms with Crippen molar-refractivity contribution in [3.05, 3.63) is 30.2 Å². The van der Waals surface area contributed by atoms with Gasteiger partial charge in [0.05, 0.1) is 11.2 Å². The highest BCUT2D eigenvalue weighted by Crippen LogP contribution is 2.31. The molecular formula is C14H20N4. The van der Waals surface area contributed by atoms with Crippen LogP contribution in [0, 0.1) is 0 Å². The largest absolute Gasteiger partial charge is 0.371 e. The van der Waals surface area contributed by atoms with E-state index >= 15 is 0 Å². The van der Waals surface area contributed by atoms with Crippen LogP contribution >= 0.6 is 0 Å². The first-order valence-corrected chi connectivity index (χ1v) is 6.60. The Hall–Kier alpha value is -1.55. The van der Waals surface area contributed by atoms with Gasteiger partial charge >= 0.3 is 0 Å². The predicted molar refractivity (Wildman–Crippen MR) is 74.2 cm³/mol. The standard InChI is InChI=1S/C14H20N4/c1-14(6-4-7-16-10-14)12-9-18-8-3-5-11(18)13(15-2)17-12/h3,5,8-9,16H,4,6-7,10H2,1-2H3,(H,15,17)/t14-/m1/s1. The number of nitrogens with zero attached hydrogens (tertiary/aromatic N) is 2. The molecule has 1 aliphatic heterocycles. The van der Waals surface area contributed by atoms with Crippen molar-refractivity contribution in [1.82, 2.24) is 14.7 Å². The van der Waals surface area contributed by atoms with Gasteiger partial charge in [-0.15, -0.1) is 0 Å². The Morgan fingerprint density at radius 1 is 1.50 bits per heavy atom. The van der Waals surface area contributed by atoms with E-state index in [1.807, 2.05) is 7.05 Å². The van der Waals surface area contributed by atoms with Crippen molar-refractivity contribution in [2.75, 3.05) is 25.5 Å². The van der Waals surface area contributed by atoms with Gasteiger partial charge in [0.2, 0.25) is 0 Å². The maximum atomic E-state index is 4.82. The summed E-state index contributed by atoms with van der Waals surface area (Å²) in [5.41, 5.74) is 2.44. The second-order valence-electron chi connectivity index (χ2n) is 5.37. The van der Waals surface area contributed by atoms with Gasteiger partial charge in [-0.1, -0.05) is 6.92 Å². The highest BCUT2D eigenvalue weighted by molar-refractivity contribution is 5.68. The molecule has 0 aliphatic carbocycles. The lowest BCUT2D eigenvalue weighted by Crippen LogP contribution is -2.41. The van der Waals surface area contributed by atoms with Crippen molar-refractivity contribution in [2.45, 2.75) is 25.2 Å². The van der Waals surface area contributed by atoms with E-state index in [1.165, 1.54) is 18.5 Å². The van der Waals surface area contributed by atoms with Crippen molar-refractivity contribution < 1.29 is 0 Å². The van der Waals surface area contributed by atoms with Gasteiger partial charge in [0.15, 0.2) is 0 Å². The molecule has 2 N–H and O–H groups in total. The average Bonchev–Trinajstić information content (AvgIpc) is 2.86. The van der Waals surface area contributed by atoms with Crippen LogP contribution in [0.2, 0.25) is 0 Å². The molecule has 3 rings (SSSR count). The molecule has 96 valence electrons. The second kappa shape index (κ2) is 4.28. The van der Waals surface area contributed by atoms with E-state index in [0.717, 1.165) is 24.4 Å². The fourth-order valence-electron chi connectivity index (χ4n) is 2.80. The molecular weight excluding hydrogens is 224 g/mol. The van der Waals surface area contributed by atoms with Gasteiger partial charge in [-0.3, -0.25) is 0 Å². The Morgan fingerprint density at radius 3 is 3.11 bits per heavy atom. The molecule has 4 nitrogen and oxygen atoms in total. The van der Waals surface area contributed by atoms with E-state index in [1.54, 1.807) is 0 Å². The van der Waals surface area contributed by atoms with E-state index < -0.39 is 0 Å². The Labute approximate surface area is 107 Å². The quantitative estimate of drug-likeness (QED) is 0.849. The monoisotopic (exact) mass is 244 g/mol. The molecule has 1 fully saturated rings. The fraction of sp³-hybridized carbons (Fsp3) is 0.500. The first-order chi connectivity index (χ1) is 8.73. The molecule has 0 radical (unpaired) electrons. The van der Waals surface area contributed by atoms with Gasteiger partial charge in [0.25, 0.3) is 0 Å². The predicted octanol–water partition coefficient (Wildman–Crippen LogP) is 2.02. The first-order valence-electron chi connectivity index (χ1n) is 6.60. The summed E-state index contributed by atoms with van der Waals surface area (Å²) in [6.45, 7) is 4.44. The van der Waals surface area contributed by atoms with E-state index in [2.05, 4.69) is 46.5 Å². The number of hydrogen-bond donors (Lipinski definition) is 2. The van der Waals surface area contributed by atoms with Crippen molar-refractivity contribution in [3.63, 3.8) is 0 Å². The van der Waals surface area contributed by atoms with Gasteiger partial charge in [0.1, 0.15) is 5.82 Å². The van der Waals surface area contributed by atoms with Crippen molar-refractivity contribution in [3.8, 4) is 0 Å². The SMILES string of the molecule is CNc1nc([C@]2(C)CCCNC2)cn2cccc12. The summed E-state index contributed by atoms with van der Waals surface area (Å²) in [5.74, 6) is 0.962. The minimum absolute atomic E-state index is 0.141. The number of fused-ring (bicyclic) bond motifs is 1. The molecule has 2 aromatic rings. The molecule has 0 bridgehead atoms. The van der Waals surface area contributed by atoms with Gasteiger partial charge in [-0.2, -0.15) is 0 Å². The summed E-state index contributed by atoms with van der Waals surface area (Å²) in [6, 6.07) is 4.15. The van der Waals surface area contributed by atoms with Crippen LogP contribution in [-0.2, 0) is 5.41 Å². The Bertz CT molecular complexity index is 552. The lowest BCUT2D eigenvalue weighted by molar-refractivity contribution is 0.331. The summed E-state index contributed by atoms with van der Waals surface area (Å²) >= 11 is 0. The topological polar surface area (TPSA) is 41.4 Å². The third-order valence-electron chi connectivity index (χ3n) is 3.97. The molecule has 0 amide bonds. The normalized spacial score (nSPS) is 24.3. The van der Waals surface area contributed by atoms with Crippen LogP contribution in [0.3, 0.4) is 0 Å². The molecule has 0 unspecified atom stereocenters. The summed E-state index contributed by atoms with van der Waals surface area (Å²) < 4.78 is 2.16. The highest BCUT2D eigenvalue weighted by atomic mass is 15.0. The number of rotatable bonds is 2. The smallest absolute Gasteiger partial charge is 0.150 e. The molecule has 2 aromatic heterocycles. The van der Waals surface area contributed by atoms with Gasteiger partial charge in [-0.05, 0) is 31.5 Å². The fourth-order valence-corrected chi connectivity index (χ4v) is 2.80. The second-order valence-corrected chi connectivity index (χ2v) is 5.37. The number of hydrogen-bond acceptors (Lipinski definition) is 3. The van der Waals surface area contributed by atoms with Crippen molar-refractivity contribution in [1.29, 1.82) is 0 Å². The van der Waals surface area contributed by atoms with Gasteiger partial charge in [-0.25, -0.2) is 4.98 Å². The maximum Gasteiger partial charge on any atom is 0.150 e. The van der Waals surface area contributed by atoms with Crippen LogP contribution in [0.25, 0.3) is 5.52 Å². The van der Waals surface area contributed by atoms with Crippen LogP contribution in [0.5, 0.6) is 0 Å². The third kappa shape index (κ3) is 1.77. The Balaban J connectivity index is 2.10. The molecule has 0 spiro atoms. The number of anilines is 1. The average molecular weight is 244 g/mol. The van der Waals surface area contributed by atoms with Crippen LogP contribution in [0.15, 0.2) is 24.5 Å². The molecule has 1 saturated heterocycles. The maximum absolute atomic E-state index is 4.82. The van der Waals surface area contributed by atoms with Gasteiger partial charge < -0.3 is 15.0 Å². The minimum atomic E-state index is 0.141. The summed E-state index contributed by atoms with van der Waals surface area (Å²) in [4.78, 5) is 4.82. The number of nitrogens with one attached hydrogen (secondary N) is 2. The third-order valence-corrected chi connectivity index (χ3v) is 3.97. The number of aromatic nitrogens is 2. The molecule has 1 aliphatic rings. The van der Waals surface area contributed by atoms with Crippen LogP contribution in [0.4, 0.5) is 5.82 Å². The van der Waals surface area contributed by atoms with Crippen LogP contribution < -0.4 is 10.6 Å². The number of piperidine rings is 1. The van der Waals surface area contributed by atoms with E-state index in [0.29, 0.717) is 0 Å². The molecule has 0 aromatic carbocycles. The zero-order valence-electron chi connectivity index (χ0n) is 11.0. The first kappa shape index (κ1) is 11.5. The van der Waals surface area contributed by atoms with Crippen LogP contribution in [0.1, 0.15) is 25.5 Å². The summed E-state index contributed by atoms with van der Waals surface area (Å²) in [5, 5.41) is 6.68. The van der Waals surface area contributed by atoms with Gasteiger partial charge in [0, 0.05) is 31.4 Å². The minimum Gasteiger partial charge on any atom is -0.371 e. The lowest BCUT2D eigenvalue weighted by Gasteiger charge is -2.33. The molecule has 1 atom stereocenters. The van der Waals surface area contributed by atoms with Crippen molar-refractivity contribution in [2.24, 2.45) is 0 Å². The van der Waals surface area contributed by atoms with Crippen molar-refractivity contribution >= 4 is 11.3 Å². The Morgan fingerprint density at radius 2 is 2.39 bits per heavy atom. The molecule has 0 saturated carbocycles. The van der Waals surface area contributed by atoms with Crippen LogP contribution in [-0.4, -0.2) is 29.5 Å². The molecule has 3 heterocycles. The van der Waals surface area contributed by atoms with E-state index in [-0.39, 0.29) is 5.41 Å². The Kier molecular flexibility index (Phi) is 2.74. The zero-order chi connectivity index (χ0) is 12.6. The molecule has 18 heavy (non-hydrogen) atoms. The molecule has 4 heteroatoms. The van der Waals surface area contributed by atoms with E-state index in [9.17, 15) is 0 Å². The summed E-state index contributed by atoms with van der Waals surface area (Å²) in [7, 11) is 1.93. The zero-order valence-corrected chi connectivity index (χ0v) is 11.0.